The largest absolute Gasteiger partial charge is 0.369 e. The van der Waals surface area contributed by atoms with Gasteiger partial charge in [-0.1, -0.05) is 24.3 Å². The van der Waals surface area contributed by atoms with Gasteiger partial charge in [-0.05, 0) is 50.3 Å². The summed E-state index contributed by atoms with van der Waals surface area (Å²) >= 11 is 0. The van der Waals surface area contributed by atoms with Crippen LogP contribution in [0.15, 0.2) is 66.9 Å². The second-order valence-electron chi connectivity index (χ2n) is 8.43. The molecule has 4 rings (SSSR count). The van der Waals surface area contributed by atoms with Crippen LogP contribution in [0.25, 0.3) is 0 Å². The molecule has 0 amide bonds. The van der Waals surface area contributed by atoms with E-state index in [2.05, 4.69) is 69.6 Å². The van der Waals surface area contributed by atoms with Crippen molar-refractivity contribution in [3.05, 3.63) is 83.9 Å². The zero-order chi connectivity index (χ0) is 20.9. The number of aromatic nitrogens is 3. The minimum Gasteiger partial charge on any atom is -0.369 e. The predicted molar refractivity (Wildman–Crippen MR) is 122 cm³/mol. The number of rotatable bonds is 7. The van der Waals surface area contributed by atoms with Gasteiger partial charge in [0.1, 0.15) is 0 Å². The van der Waals surface area contributed by atoms with Crippen molar-refractivity contribution in [2.75, 3.05) is 13.1 Å². The van der Waals surface area contributed by atoms with E-state index in [4.69, 9.17) is 0 Å². The van der Waals surface area contributed by atoms with Gasteiger partial charge >= 0.3 is 0 Å². The first-order valence-electron chi connectivity index (χ1n) is 11.1. The number of nitrogens with zero attached hydrogens (tertiary/aromatic N) is 4. The van der Waals surface area contributed by atoms with E-state index in [0.717, 1.165) is 38.2 Å². The van der Waals surface area contributed by atoms with E-state index in [1.165, 1.54) is 35.4 Å². The van der Waals surface area contributed by atoms with Gasteiger partial charge in [0.05, 0.1) is 23.8 Å². The van der Waals surface area contributed by atoms with Crippen LogP contribution in [-0.2, 0) is 13.0 Å². The van der Waals surface area contributed by atoms with Crippen molar-refractivity contribution in [3.8, 4) is 0 Å². The number of aryl methyl sites for hydroxylation is 1. The summed E-state index contributed by atoms with van der Waals surface area (Å²) in [4.78, 5) is 11.8. The number of piperidine rings is 1. The zero-order valence-corrected chi connectivity index (χ0v) is 18.2. The van der Waals surface area contributed by atoms with E-state index in [1.807, 2.05) is 24.7 Å². The van der Waals surface area contributed by atoms with Crippen LogP contribution >= 0.6 is 0 Å². The lowest BCUT2D eigenvalue weighted by Gasteiger charge is -2.40. The van der Waals surface area contributed by atoms with Gasteiger partial charge in [0.2, 0.25) is 0 Å². The number of allylic oxidation sites excluding steroid dienone is 3. The summed E-state index contributed by atoms with van der Waals surface area (Å²) < 4.78 is 2.09. The smallest absolute Gasteiger partial charge is 0.0952 e. The van der Waals surface area contributed by atoms with Gasteiger partial charge < -0.3 is 14.8 Å². The molecule has 0 radical (unpaired) electrons. The van der Waals surface area contributed by atoms with Crippen LogP contribution in [0, 0.1) is 6.92 Å². The Bertz CT molecular complexity index is 939. The van der Waals surface area contributed by atoms with Gasteiger partial charge in [-0.3, -0.25) is 4.98 Å². The highest BCUT2D eigenvalue weighted by Crippen LogP contribution is 2.32. The van der Waals surface area contributed by atoms with Gasteiger partial charge in [-0.25, -0.2) is 4.98 Å². The molecule has 5 heteroatoms. The Morgan fingerprint density at radius 1 is 1.23 bits per heavy atom. The fraction of sp³-hybridized carbons (Fsp3) is 0.440. The maximum absolute atomic E-state index is 4.69. The number of hydrogen-bond acceptors (Lipinski definition) is 4. The molecule has 2 aliphatic rings. The summed E-state index contributed by atoms with van der Waals surface area (Å²) in [5.41, 5.74) is 6.43. The van der Waals surface area contributed by atoms with Gasteiger partial charge in [0.15, 0.2) is 0 Å². The second-order valence-corrected chi connectivity index (χ2v) is 8.43. The topological polar surface area (TPSA) is 46.0 Å². The van der Waals surface area contributed by atoms with Crippen molar-refractivity contribution < 1.29 is 0 Å². The standard InChI is InChI=1S/C25H33N5/c1-4-14-29-17-21(27-18-29)12-16-30-15-7-9-20(3)25(30)23-11-5-10-22(28-23)24-19(2)8-6-13-26-24/h4,6-9,13,17-18,22-23,28H,1,5,10-12,14-16H2,2-3H3. The van der Waals surface area contributed by atoms with Gasteiger partial charge in [0, 0.05) is 50.2 Å². The summed E-state index contributed by atoms with van der Waals surface area (Å²) in [5, 5.41) is 3.93. The highest BCUT2D eigenvalue weighted by Gasteiger charge is 2.30. The molecule has 2 aliphatic heterocycles. The summed E-state index contributed by atoms with van der Waals surface area (Å²) in [7, 11) is 0. The summed E-state index contributed by atoms with van der Waals surface area (Å²) in [5.74, 6) is 0. The summed E-state index contributed by atoms with van der Waals surface area (Å²) in [6.07, 6.45) is 16.9. The number of imidazole rings is 1. The third-order valence-electron chi connectivity index (χ3n) is 6.20. The molecule has 158 valence electrons. The Balaban J connectivity index is 1.47. The summed E-state index contributed by atoms with van der Waals surface area (Å²) in [6.45, 7) is 11.0. The van der Waals surface area contributed by atoms with E-state index in [0.29, 0.717) is 12.1 Å². The van der Waals surface area contributed by atoms with Crippen molar-refractivity contribution in [2.45, 2.75) is 58.2 Å². The molecular formula is C25H33N5. The Morgan fingerprint density at radius 3 is 2.93 bits per heavy atom. The zero-order valence-electron chi connectivity index (χ0n) is 18.2. The lowest BCUT2D eigenvalue weighted by atomic mass is 9.90. The van der Waals surface area contributed by atoms with Gasteiger partial charge in [0.25, 0.3) is 0 Å². The first kappa shape index (κ1) is 20.6. The van der Waals surface area contributed by atoms with E-state index in [1.54, 1.807) is 0 Å². The quantitative estimate of drug-likeness (QED) is 0.699. The first-order valence-corrected chi connectivity index (χ1v) is 11.1. The Kier molecular flexibility index (Phi) is 6.48. The Morgan fingerprint density at radius 2 is 2.10 bits per heavy atom. The average molecular weight is 404 g/mol. The molecule has 1 fully saturated rings. The molecule has 2 unspecified atom stereocenters. The van der Waals surface area contributed by atoms with Crippen LogP contribution in [0.5, 0.6) is 0 Å². The van der Waals surface area contributed by atoms with Crippen LogP contribution in [0.1, 0.15) is 49.2 Å². The molecule has 5 nitrogen and oxygen atoms in total. The average Bonchev–Trinajstić information content (AvgIpc) is 3.20. The highest BCUT2D eigenvalue weighted by molar-refractivity contribution is 5.32. The molecule has 4 heterocycles. The van der Waals surface area contributed by atoms with E-state index < -0.39 is 0 Å². The maximum atomic E-state index is 4.69. The molecule has 1 saturated heterocycles. The molecule has 0 bridgehead atoms. The normalized spacial score (nSPS) is 21.9. The van der Waals surface area contributed by atoms with Crippen molar-refractivity contribution >= 4 is 0 Å². The Hall–Kier alpha value is -2.66. The molecule has 0 aliphatic carbocycles. The van der Waals surface area contributed by atoms with E-state index in [-0.39, 0.29) is 0 Å². The van der Waals surface area contributed by atoms with Crippen LogP contribution in [0.4, 0.5) is 0 Å². The van der Waals surface area contributed by atoms with Crippen molar-refractivity contribution in [1.29, 1.82) is 0 Å². The van der Waals surface area contributed by atoms with Crippen molar-refractivity contribution in [1.82, 2.24) is 24.8 Å². The SMILES string of the molecule is C=CCn1cnc(CCN2CC=CC(C)=C2C2CCCC(c3ncccc3C)N2)c1. The third-order valence-corrected chi connectivity index (χ3v) is 6.20. The van der Waals surface area contributed by atoms with E-state index >= 15 is 0 Å². The van der Waals surface area contributed by atoms with Crippen LogP contribution in [0.3, 0.4) is 0 Å². The number of nitrogens with one attached hydrogen (secondary N) is 1. The molecule has 0 spiro atoms. The molecule has 2 aromatic heterocycles. The fourth-order valence-electron chi connectivity index (χ4n) is 4.76. The van der Waals surface area contributed by atoms with Gasteiger partial charge in [-0.2, -0.15) is 0 Å². The molecule has 30 heavy (non-hydrogen) atoms. The van der Waals surface area contributed by atoms with E-state index in [9.17, 15) is 0 Å². The monoisotopic (exact) mass is 403 g/mol. The highest BCUT2D eigenvalue weighted by atomic mass is 15.2. The molecular weight excluding hydrogens is 370 g/mol. The second kappa shape index (κ2) is 9.43. The molecule has 1 N–H and O–H groups in total. The minimum absolute atomic E-state index is 0.326. The minimum atomic E-state index is 0.326. The van der Waals surface area contributed by atoms with Crippen LogP contribution in [-0.4, -0.2) is 38.6 Å². The lowest BCUT2D eigenvalue weighted by Crippen LogP contribution is -2.45. The number of pyridine rings is 1. The molecule has 0 aromatic carbocycles. The van der Waals surface area contributed by atoms with Crippen LogP contribution in [0.2, 0.25) is 0 Å². The third kappa shape index (κ3) is 4.57. The molecule has 0 saturated carbocycles. The molecule has 2 atom stereocenters. The summed E-state index contributed by atoms with van der Waals surface area (Å²) in [6, 6.07) is 4.89. The fourth-order valence-corrected chi connectivity index (χ4v) is 4.76. The Labute approximate surface area is 180 Å². The predicted octanol–water partition coefficient (Wildman–Crippen LogP) is 4.34. The van der Waals surface area contributed by atoms with Crippen molar-refractivity contribution in [2.24, 2.45) is 0 Å². The number of hydrogen-bond donors (Lipinski definition) is 1. The van der Waals surface area contributed by atoms with Gasteiger partial charge in [-0.15, -0.1) is 6.58 Å². The molecule has 2 aromatic rings. The van der Waals surface area contributed by atoms with Crippen LogP contribution < -0.4 is 5.32 Å². The lowest BCUT2D eigenvalue weighted by molar-refractivity contribution is 0.272. The maximum Gasteiger partial charge on any atom is 0.0952 e. The first-order chi connectivity index (χ1) is 14.7. The van der Waals surface area contributed by atoms with Crippen molar-refractivity contribution in [3.63, 3.8) is 0 Å².